The van der Waals surface area contributed by atoms with E-state index >= 15 is 0 Å². The van der Waals surface area contributed by atoms with E-state index in [9.17, 15) is 4.79 Å². The van der Waals surface area contributed by atoms with E-state index in [-0.39, 0.29) is 12.1 Å². The van der Waals surface area contributed by atoms with Crippen LogP contribution in [0.1, 0.15) is 19.3 Å². The van der Waals surface area contributed by atoms with Gasteiger partial charge in [0.15, 0.2) is 6.10 Å². The number of carbonyl (C=O) groups is 1. The van der Waals surface area contributed by atoms with Gasteiger partial charge in [-0.05, 0) is 19.3 Å². The summed E-state index contributed by atoms with van der Waals surface area (Å²) in [5.74, 6) is -0.196. The van der Waals surface area contributed by atoms with E-state index in [0.29, 0.717) is 13.2 Å². The maximum absolute atomic E-state index is 11.6. The molecule has 1 unspecified atom stereocenters. The Morgan fingerprint density at radius 3 is 2.76 bits per heavy atom. The average Bonchev–Trinajstić information content (AvgIpc) is 2.41. The summed E-state index contributed by atoms with van der Waals surface area (Å²) in [6.45, 7) is 5.35. The minimum atomic E-state index is -0.326. The van der Waals surface area contributed by atoms with Crippen LogP contribution in [0, 0.1) is 0 Å². The minimum Gasteiger partial charge on any atom is -0.462 e. The number of nitrogens with zero attached hydrogens (tertiary/aromatic N) is 1. The standard InChI is InChI=1S/C12H21NO4/c14-12(11-3-1-2-7-16-11)17-10-6-13-4-8-15-9-5-13/h11H,1-10H2. The Labute approximate surface area is 102 Å². The molecular weight excluding hydrogens is 222 g/mol. The van der Waals surface area contributed by atoms with Crippen LogP contribution in [0.25, 0.3) is 0 Å². The van der Waals surface area contributed by atoms with E-state index in [1.807, 2.05) is 0 Å². The van der Waals surface area contributed by atoms with E-state index in [0.717, 1.165) is 52.1 Å². The van der Waals surface area contributed by atoms with Crippen LogP contribution in [0.4, 0.5) is 0 Å². The second-order valence-corrected chi connectivity index (χ2v) is 4.48. The molecule has 0 saturated carbocycles. The van der Waals surface area contributed by atoms with Gasteiger partial charge in [-0.1, -0.05) is 0 Å². The Morgan fingerprint density at radius 2 is 2.06 bits per heavy atom. The van der Waals surface area contributed by atoms with Crippen LogP contribution in [0.5, 0.6) is 0 Å². The number of esters is 1. The summed E-state index contributed by atoms with van der Waals surface area (Å²) in [7, 11) is 0. The summed E-state index contributed by atoms with van der Waals surface area (Å²) in [5, 5.41) is 0. The summed E-state index contributed by atoms with van der Waals surface area (Å²) >= 11 is 0. The van der Waals surface area contributed by atoms with Gasteiger partial charge in [-0.2, -0.15) is 0 Å². The first kappa shape index (κ1) is 12.8. The van der Waals surface area contributed by atoms with Crippen molar-refractivity contribution in [3.05, 3.63) is 0 Å². The predicted octanol–water partition coefficient (Wildman–Crippen LogP) is 0.431. The number of carbonyl (C=O) groups excluding carboxylic acids is 1. The van der Waals surface area contributed by atoms with Crippen LogP contribution in [-0.2, 0) is 19.0 Å². The summed E-state index contributed by atoms with van der Waals surface area (Å²) in [6, 6.07) is 0. The Morgan fingerprint density at radius 1 is 1.24 bits per heavy atom. The van der Waals surface area contributed by atoms with Crippen LogP contribution in [0.15, 0.2) is 0 Å². The van der Waals surface area contributed by atoms with Gasteiger partial charge in [-0.25, -0.2) is 4.79 Å². The van der Waals surface area contributed by atoms with E-state index in [4.69, 9.17) is 14.2 Å². The van der Waals surface area contributed by atoms with Crippen molar-refractivity contribution in [2.45, 2.75) is 25.4 Å². The number of hydrogen-bond acceptors (Lipinski definition) is 5. The third-order valence-corrected chi connectivity index (χ3v) is 3.20. The molecule has 5 heteroatoms. The molecule has 2 fully saturated rings. The fourth-order valence-electron chi connectivity index (χ4n) is 2.12. The molecule has 17 heavy (non-hydrogen) atoms. The molecule has 0 aromatic heterocycles. The molecule has 0 aromatic rings. The highest BCUT2D eigenvalue weighted by Gasteiger charge is 2.23. The zero-order chi connectivity index (χ0) is 11.9. The third kappa shape index (κ3) is 4.26. The topological polar surface area (TPSA) is 48.0 Å². The lowest BCUT2D eigenvalue weighted by Crippen LogP contribution is -2.39. The zero-order valence-electron chi connectivity index (χ0n) is 10.2. The molecule has 2 heterocycles. The van der Waals surface area contributed by atoms with Crippen molar-refractivity contribution in [1.82, 2.24) is 4.90 Å². The van der Waals surface area contributed by atoms with Crippen LogP contribution >= 0.6 is 0 Å². The Hall–Kier alpha value is -0.650. The van der Waals surface area contributed by atoms with Crippen molar-refractivity contribution < 1.29 is 19.0 Å². The summed E-state index contributed by atoms with van der Waals surface area (Å²) < 4.78 is 15.9. The summed E-state index contributed by atoms with van der Waals surface area (Å²) in [6.07, 6.45) is 2.59. The molecule has 2 saturated heterocycles. The molecular formula is C12H21NO4. The van der Waals surface area contributed by atoms with Gasteiger partial charge in [0, 0.05) is 26.2 Å². The van der Waals surface area contributed by atoms with E-state index in [2.05, 4.69) is 4.90 Å². The molecule has 0 spiro atoms. The Kier molecular flexibility index (Phi) is 5.22. The quantitative estimate of drug-likeness (QED) is 0.670. The van der Waals surface area contributed by atoms with E-state index in [1.54, 1.807) is 0 Å². The lowest BCUT2D eigenvalue weighted by atomic mass is 10.1. The molecule has 0 N–H and O–H groups in total. The highest BCUT2D eigenvalue weighted by Crippen LogP contribution is 2.13. The van der Waals surface area contributed by atoms with Gasteiger partial charge in [0.2, 0.25) is 0 Å². The molecule has 5 nitrogen and oxygen atoms in total. The SMILES string of the molecule is O=C(OCCN1CCOCC1)C1CCCCO1. The Bertz CT molecular complexity index is 235. The van der Waals surface area contributed by atoms with Crippen LogP contribution in [0.3, 0.4) is 0 Å². The lowest BCUT2D eigenvalue weighted by Gasteiger charge is -2.26. The smallest absolute Gasteiger partial charge is 0.335 e. The van der Waals surface area contributed by atoms with Gasteiger partial charge >= 0.3 is 5.97 Å². The molecule has 0 aromatic carbocycles. The Balaban J connectivity index is 1.58. The number of ether oxygens (including phenoxy) is 3. The fourth-order valence-corrected chi connectivity index (χ4v) is 2.12. The van der Waals surface area contributed by atoms with E-state index in [1.165, 1.54) is 0 Å². The highest BCUT2D eigenvalue weighted by molar-refractivity contribution is 5.74. The number of hydrogen-bond donors (Lipinski definition) is 0. The van der Waals surface area contributed by atoms with Gasteiger partial charge in [-0.3, -0.25) is 4.90 Å². The van der Waals surface area contributed by atoms with Crippen molar-refractivity contribution in [2.75, 3.05) is 46.1 Å². The lowest BCUT2D eigenvalue weighted by molar-refractivity contribution is -0.160. The highest BCUT2D eigenvalue weighted by atomic mass is 16.6. The summed E-state index contributed by atoms with van der Waals surface area (Å²) in [5.41, 5.74) is 0. The average molecular weight is 243 g/mol. The maximum atomic E-state index is 11.6. The molecule has 0 radical (unpaired) electrons. The van der Waals surface area contributed by atoms with Crippen molar-refractivity contribution >= 4 is 5.97 Å². The molecule has 2 aliphatic rings. The first-order chi connectivity index (χ1) is 8.36. The van der Waals surface area contributed by atoms with Crippen molar-refractivity contribution in [3.8, 4) is 0 Å². The normalized spacial score (nSPS) is 26.7. The number of rotatable bonds is 4. The third-order valence-electron chi connectivity index (χ3n) is 3.20. The predicted molar refractivity (Wildman–Crippen MR) is 61.8 cm³/mol. The van der Waals surface area contributed by atoms with Gasteiger partial charge < -0.3 is 14.2 Å². The van der Waals surface area contributed by atoms with Gasteiger partial charge in [-0.15, -0.1) is 0 Å². The summed E-state index contributed by atoms with van der Waals surface area (Å²) in [4.78, 5) is 13.9. The van der Waals surface area contributed by atoms with Crippen LogP contribution in [0.2, 0.25) is 0 Å². The van der Waals surface area contributed by atoms with Crippen molar-refractivity contribution in [3.63, 3.8) is 0 Å². The molecule has 2 rings (SSSR count). The van der Waals surface area contributed by atoms with Crippen molar-refractivity contribution in [2.24, 2.45) is 0 Å². The molecule has 0 amide bonds. The molecule has 1 atom stereocenters. The van der Waals surface area contributed by atoms with Gasteiger partial charge in [0.1, 0.15) is 6.61 Å². The molecule has 98 valence electrons. The van der Waals surface area contributed by atoms with Crippen LogP contribution < -0.4 is 0 Å². The monoisotopic (exact) mass is 243 g/mol. The van der Waals surface area contributed by atoms with Crippen molar-refractivity contribution in [1.29, 1.82) is 0 Å². The molecule has 0 aliphatic carbocycles. The molecule has 0 bridgehead atoms. The minimum absolute atomic E-state index is 0.196. The second kappa shape index (κ2) is 6.93. The van der Waals surface area contributed by atoms with Gasteiger partial charge in [0.25, 0.3) is 0 Å². The molecule has 2 aliphatic heterocycles. The van der Waals surface area contributed by atoms with Crippen LogP contribution in [-0.4, -0.2) is 63.0 Å². The maximum Gasteiger partial charge on any atom is 0.335 e. The van der Waals surface area contributed by atoms with E-state index < -0.39 is 0 Å². The fraction of sp³-hybridized carbons (Fsp3) is 0.917. The van der Waals surface area contributed by atoms with Gasteiger partial charge in [0.05, 0.1) is 13.2 Å². The second-order valence-electron chi connectivity index (χ2n) is 4.48. The first-order valence-electron chi connectivity index (χ1n) is 6.44. The first-order valence-corrected chi connectivity index (χ1v) is 6.44. The zero-order valence-corrected chi connectivity index (χ0v) is 10.2. The number of morpholine rings is 1. The largest absolute Gasteiger partial charge is 0.462 e.